The van der Waals surface area contributed by atoms with Gasteiger partial charge >= 0.3 is 0 Å². The molecule has 1 amide bonds. The number of hydrogen-bond acceptors (Lipinski definition) is 4. The van der Waals surface area contributed by atoms with Crippen LogP contribution in [0.2, 0.25) is 0 Å². The summed E-state index contributed by atoms with van der Waals surface area (Å²) in [5.74, 6) is -0.391. The molecule has 0 spiro atoms. The van der Waals surface area contributed by atoms with E-state index < -0.39 is 15.7 Å². The fourth-order valence-electron chi connectivity index (χ4n) is 1.77. The van der Waals surface area contributed by atoms with Crippen molar-refractivity contribution in [3.05, 3.63) is 53.9 Å². The Bertz CT molecular complexity index is 755. The Kier molecular flexibility index (Phi) is 3.85. The number of benzene rings is 1. The molecule has 0 aliphatic heterocycles. The number of hydrogen-bond donors (Lipinski definition) is 1. The molecule has 1 aromatic carbocycles. The van der Waals surface area contributed by atoms with E-state index in [-0.39, 0.29) is 10.6 Å². The minimum atomic E-state index is -3.40. The van der Waals surface area contributed by atoms with E-state index in [2.05, 4.69) is 10.3 Å². The molecule has 0 aliphatic rings. The molecule has 2 aromatic rings. The molecule has 0 radical (unpaired) electrons. The normalized spacial score (nSPS) is 11.1. The maximum atomic E-state index is 12.1. The summed E-state index contributed by atoms with van der Waals surface area (Å²) < 4.78 is 23.3. The third-order valence-electron chi connectivity index (χ3n) is 2.67. The van der Waals surface area contributed by atoms with Gasteiger partial charge in [-0.25, -0.2) is 8.42 Å². The predicted octanol–water partition coefficient (Wildman–Crippen LogP) is 2.05. The van der Waals surface area contributed by atoms with Crippen molar-refractivity contribution in [2.24, 2.45) is 0 Å². The number of aryl methyl sites for hydroxylation is 1. The van der Waals surface area contributed by atoms with Crippen molar-refractivity contribution < 1.29 is 13.2 Å². The highest BCUT2D eigenvalue weighted by molar-refractivity contribution is 7.90. The van der Waals surface area contributed by atoms with Gasteiger partial charge < -0.3 is 5.32 Å². The molecular formula is C14H14N2O3S. The van der Waals surface area contributed by atoms with E-state index in [1.807, 2.05) is 6.92 Å². The molecular weight excluding hydrogens is 276 g/mol. The molecule has 0 unspecified atom stereocenters. The third kappa shape index (κ3) is 3.21. The number of pyridine rings is 1. The van der Waals surface area contributed by atoms with Crippen LogP contribution in [0.15, 0.2) is 47.6 Å². The first-order chi connectivity index (χ1) is 9.38. The van der Waals surface area contributed by atoms with Crippen molar-refractivity contribution >= 4 is 21.4 Å². The second-order valence-electron chi connectivity index (χ2n) is 4.47. The van der Waals surface area contributed by atoms with Crippen molar-refractivity contribution in [2.75, 3.05) is 11.6 Å². The molecule has 0 saturated heterocycles. The van der Waals surface area contributed by atoms with Gasteiger partial charge in [-0.1, -0.05) is 12.1 Å². The van der Waals surface area contributed by atoms with Gasteiger partial charge in [0, 0.05) is 18.6 Å². The minimum Gasteiger partial charge on any atom is -0.321 e. The Morgan fingerprint density at radius 2 is 1.90 bits per heavy atom. The van der Waals surface area contributed by atoms with Crippen LogP contribution in [0.25, 0.3) is 0 Å². The molecule has 0 bridgehead atoms. The number of nitrogens with zero attached hydrogens (tertiary/aromatic N) is 1. The van der Waals surface area contributed by atoms with Crippen LogP contribution in [0.1, 0.15) is 15.9 Å². The van der Waals surface area contributed by atoms with Crippen LogP contribution in [-0.4, -0.2) is 25.6 Å². The van der Waals surface area contributed by atoms with Crippen LogP contribution in [0.4, 0.5) is 5.69 Å². The second-order valence-corrected chi connectivity index (χ2v) is 6.46. The van der Waals surface area contributed by atoms with Crippen molar-refractivity contribution in [1.82, 2.24) is 4.98 Å². The quantitative estimate of drug-likeness (QED) is 0.938. The lowest BCUT2D eigenvalue weighted by molar-refractivity contribution is 0.102. The highest BCUT2D eigenvalue weighted by Crippen LogP contribution is 2.21. The number of para-hydroxylation sites is 1. The number of sulfone groups is 1. The highest BCUT2D eigenvalue weighted by Gasteiger charge is 2.15. The summed E-state index contributed by atoms with van der Waals surface area (Å²) in [6.07, 6.45) is 4.18. The Labute approximate surface area is 117 Å². The maximum absolute atomic E-state index is 12.1. The van der Waals surface area contributed by atoms with Crippen LogP contribution in [0.3, 0.4) is 0 Å². The summed E-state index contributed by atoms with van der Waals surface area (Å²) in [7, 11) is -3.40. The Hall–Kier alpha value is -2.21. The van der Waals surface area contributed by atoms with E-state index in [1.54, 1.807) is 30.5 Å². The zero-order valence-corrected chi connectivity index (χ0v) is 11.9. The molecule has 0 atom stereocenters. The average Bonchev–Trinajstić information content (AvgIpc) is 2.38. The van der Waals surface area contributed by atoms with Gasteiger partial charge in [0.1, 0.15) is 0 Å². The van der Waals surface area contributed by atoms with Crippen molar-refractivity contribution in [3.63, 3.8) is 0 Å². The van der Waals surface area contributed by atoms with Gasteiger partial charge in [-0.05, 0) is 30.7 Å². The topological polar surface area (TPSA) is 76.1 Å². The van der Waals surface area contributed by atoms with Crippen molar-refractivity contribution in [2.45, 2.75) is 11.8 Å². The largest absolute Gasteiger partial charge is 0.321 e. The van der Waals surface area contributed by atoms with Gasteiger partial charge in [0.05, 0.1) is 16.1 Å². The Balaban J connectivity index is 2.34. The predicted molar refractivity (Wildman–Crippen MR) is 76.5 cm³/mol. The number of aromatic nitrogens is 1. The van der Waals surface area contributed by atoms with Crippen molar-refractivity contribution in [1.29, 1.82) is 0 Å². The molecule has 20 heavy (non-hydrogen) atoms. The van der Waals surface area contributed by atoms with Crippen LogP contribution in [0.5, 0.6) is 0 Å². The molecule has 2 rings (SSSR count). The first kappa shape index (κ1) is 14.2. The monoisotopic (exact) mass is 290 g/mol. The SMILES string of the molecule is Cc1cncc(C(=O)Nc2ccccc2S(C)(=O)=O)c1. The lowest BCUT2D eigenvalue weighted by Crippen LogP contribution is -2.14. The van der Waals surface area contributed by atoms with Gasteiger partial charge in [-0.3, -0.25) is 9.78 Å². The highest BCUT2D eigenvalue weighted by atomic mass is 32.2. The van der Waals surface area contributed by atoms with Gasteiger partial charge in [0.2, 0.25) is 0 Å². The molecule has 0 saturated carbocycles. The summed E-state index contributed by atoms with van der Waals surface area (Å²) in [4.78, 5) is 16.1. The first-order valence-corrected chi connectivity index (χ1v) is 7.79. The molecule has 6 heteroatoms. The van der Waals surface area contributed by atoms with Crippen LogP contribution >= 0.6 is 0 Å². The van der Waals surface area contributed by atoms with Crippen molar-refractivity contribution in [3.8, 4) is 0 Å². The number of carbonyl (C=O) groups excluding carboxylic acids is 1. The number of rotatable bonds is 3. The molecule has 5 nitrogen and oxygen atoms in total. The second kappa shape index (κ2) is 5.42. The summed E-state index contributed by atoms with van der Waals surface area (Å²) in [6.45, 7) is 1.83. The Morgan fingerprint density at radius 1 is 1.20 bits per heavy atom. The Morgan fingerprint density at radius 3 is 2.55 bits per heavy atom. The molecule has 1 heterocycles. The van der Waals surface area contributed by atoms with E-state index in [4.69, 9.17) is 0 Å². The standard InChI is InChI=1S/C14H14N2O3S/c1-10-7-11(9-15-8-10)14(17)16-12-5-3-4-6-13(12)20(2,18)19/h3-9H,1-2H3,(H,16,17). The lowest BCUT2D eigenvalue weighted by Gasteiger charge is -2.09. The van der Waals surface area contributed by atoms with Crippen LogP contribution < -0.4 is 5.32 Å². The third-order valence-corrected chi connectivity index (χ3v) is 3.83. The van der Waals surface area contributed by atoms with Gasteiger partial charge in [-0.15, -0.1) is 0 Å². The van der Waals surface area contributed by atoms with E-state index in [9.17, 15) is 13.2 Å². The molecule has 0 fully saturated rings. The van der Waals surface area contributed by atoms with Crippen LogP contribution in [0, 0.1) is 6.92 Å². The number of amides is 1. The average molecular weight is 290 g/mol. The molecule has 1 aromatic heterocycles. The smallest absolute Gasteiger partial charge is 0.257 e. The summed E-state index contributed by atoms with van der Waals surface area (Å²) in [5.41, 5.74) is 1.50. The van der Waals surface area contributed by atoms with E-state index in [0.717, 1.165) is 11.8 Å². The molecule has 1 N–H and O–H groups in total. The summed E-state index contributed by atoms with van der Waals surface area (Å²) >= 11 is 0. The van der Waals surface area contributed by atoms with E-state index in [0.29, 0.717) is 5.56 Å². The van der Waals surface area contributed by atoms with Gasteiger partial charge in [0.15, 0.2) is 9.84 Å². The first-order valence-electron chi connectivity index (χ1n) is 5.90. The zero-order chi connectivity index (χ0) is 14.8. The lowest BCUT2D eigenvalue weighted by atomic mass is 10.2. The van der Waals surface area contributed by atoms with Gasteiger partial charge in [0.25, 0.3) is 5.91 Å². The molecule has 104 valence electrons. The zero-order valence-electron chi connectivity index (χ0n) is 11.1. The number of anilines is 1. The minimum absolute atomic E-state index is 0.0916. The molecule has 0 aliphatic carbocycles. The van der Waals surface area contributed by atoms with Crippen LogP contribution in [-0.2, 0) is 9.84 Å². The summed E-state index contributed by atoms with van der Waals surface area (Å²) in [5, 5.41) is 2.60. The number of nitrogens with one attached hydrogen (secondary N) is 1. The fraction of sp³-hybridized carbons (Fsp3) is 0.143. The number of carbonyl (C=O) groups is 1. The fourth-order valence-corrected chi connectivity index (χ4v) is 2.61. The van der Waals surface area contributed by atoms with E-state index in [1.165, 1.54) is 12.3 Å². The maximum Gasteiger partial charge on any atom is 0.257 e. The van der Waals surface area contributed by atoms with Gasteiger partial charge in [-0.2, -0.15) is 0 Å². The van der Waals surface area contributed by atoms with E-state index >= 15 is 0 Å². The summed E-state index contributed by atoms with van der Waals surface area (Å²) in [6, 6.07) is 7.97.